The Bertz CT molecular complexity index is 1550. The molecule has 1 aliphatic heterocycles. The van der Waals surface area contributed by atoms with Crippen LogP contribution in [0.15, 0.2) is 66.9 Å². The van der Waals surface area contributed by atoms with E-state index in [9.17, 15) is 27.6 Å². The summed E-state index contributed by atoms with van der Waals surface area (Å²) in [5.74, 6) is -5.22. The second kappa shape index (κ2) is 11.0. The normalized spacial score (nSPS) is 18.8. The van der Waals surface area contributed by atoms with Crippen molar-refractivity contribution in [3.05, 3.63) is 95.2 Å². The van der Waals surface area contributed by atoms with Gasteiger partial charge in [-0.15, -0.1) is 0 Å². The molecule has 41 heavy (non-hydrogen) atoms. The van der Waals surface area contributed by atoms with E-state index in [0.29, 0.717) is 11.1 Å². The fourth-order valence-electron chi connectivity index (χ4n) is 5.34. The van der Waals surface area contributed by atoms with Gasteiger partial charge in [0.1, 0.15) is 23.7 Å². The van der Waals surface area contributed by atoms with Crippen molar-refractivity contribution in [2.75, 3.05) is 9.80 Å². The Labute approximate surface area is 234 Å². The van der Waals surface area contributed by atoms with Crippen LogP contribution in [0.5, 0.6) is 0 Å². The first kappa shape index (κ1) is 27.8. The van der Waals surface area contributed by atoms with Crippen molar-refractivity contribution in [3.8, 4) is 0 Å². The molecule has 1 saturated carbocycles. The Hall–Kier alpha value is -4.72. The largest absolute Gasteiger partial charge is 0.351 e. The number of halogens is 3. The fourth-order valence-corrected chi connectivity index (χ4v) is 5.34. The van der Waals surface area contributed by atoms with Crippen LogP contribution in [-0.2, 0) is 14.4 Å². The Morgan fingerprint density at radius 2 is 1.90 bits per heavy atom. The molecule has 1 saturated heterocycles. The standard InChI is InChI=1S/C30H26F3N5O3/c1-18-6-3-4-9-23(18)27(28(40)36-21-16-30(32,33)17-21)37(22-8-5-7-19(31)14-22)29(41)24-10-11-26(39)38(24)25-15-20(34-2)12-13-35-25/h3-9,12-15,21,24,27H,10-11,16-17H2,1H3,(H,36,40)/t24-,27-/m0/s1. The van der Waals surface area contributed by atoms with Crippen molar-refractivity contribution < 1.29 is 27.6 Å². The zero-order valence-corrected chi connectivity index (χ0v) is 22.1. The molecular weight excluding hydrogens is 535 g/mol. The molecule has 8 nitrogen and oxygen atoms in total. The van der Waals surface area contributed by atoms with E-state index in [1.807, 2.05) is 0 Å². The maximum absolute atomic E-state index is 14.5. The highest BCUT2D eigenvalue weighted by Gasteiger charge is 2.48. The third kappa shape index (κ3) is 5.63. The molecule has 0 spiro atoms. The molecule has 1 aromatic heterocycles. The van der Waals surface area contributed by atoms with Gasteiger partial charge in [0.15, 0.2) is 5.69 Å². The first-order valence-corrected chi connectivity index (χ1v) is 13.1. The number of pyridine rings is 1. The topological polar surface area (TPSA) is 87.0 Å². The molecule has 2 fully saturated rings. The number of aryl methyl sites for hydroxylation is 1. The molecule has 2 heterocycles. The first-order valence-electron chi connectivity index (χ1n) is 13.1. The highest BCUT2D eigenvalue weighted by molar-refractivity contribution is 6.10. The van der Waals surface area contributed by atoms with E-state index < -0.39 is 60.4 Å². The van der Waals surface area contributed by atoms with Gasteiger partial charge in [-0.25, -0.2) is 23.0 Å². The minimum Gasteiger partial charge on any atom is -0.351 e. The van der Waals surface area contributed by atoms with E-state index in [-0.39, 0.29) is 30.0 Å². The van der Waals surface area contributed by atoms with Crippen molar-refractivity contribution in [2.45, 2.75) is 56.7 Å². The van der Waals surface area contributed by atoms with Crippen molar-refractivity contribution in [3.63, 3.8) is 0 Å². The molecular formula is C30H26F3N5O3. The quantitative estimate of drug-likeness (QED) is 0.399. The summed E-state index contributed by atoms with van der Waals surface area (Å²) in [5, 5.41) is 2.64. The lowest BCUT2D eigenvalue weighted by molar-refractivity contribution is -0.133. The highest BCUT2D eigenvalue weighted by atomic mass is 19.3. The third-order valence-corrected chi connectivity index (χ3v) is 7.35. The number of carbonyl (C=O) groups excluding carboxylic acids is 3. The number of nitrogens with one attached hydrogen (secondary N) is 1. The van der Waals surface area contributed by atoms with E-state index in [0.717, 1.165) is 11.0 Å². The zero-order valence-electron chi connectivity index (χ0n) is 22.1. The molecule has 2 atom stereocenters. The van der Waals surface area contributed by atoms with Gasteiger partial charge in [0.05, 0.1) is 6.57 Å². The smallest absolute Gasteiger partial charge is 0.252 e. The Morgan fingerprint density at radius 1 is 1.15 bits per heavy atom. The Morgan fingerprint density at radius 3 is 2.59 bits per heavy atom. The number of anilines is 2. The van der Waals surface area contributed by atoms with Gasteiger partial charge in [-0.2, -0.15) is 0 Å². The van der Waals surface area contributed by atoms with Gasteiger partial charge < -0.3 is 5.32 Å². The van der Waals surface area contributed by atoms with Crippen molar-refractivity contribution >= 4 is 34.9 Å². The molecule has 5 rings (SSSR count). The van der Waals surface area contributed by atoms with Crippen LogP contribution in [0.1, 0.15) is 42.9 Å². The third-order valence-electron chi connectivity index (χ3n) is 7.35. The van der Waals surface area contributed by atoms with Gasteiger partial charge in [-0.3, -0.25) is 24.2 Å². The molecule has 3 aromatic rings. The molecule has 11 heteroatoms. The lowest BCUT2D eigenvalue weighted by Crippen LogP contribution is -2.56. The molecule has 210 valence electrons. The molecule has 3 amide bonds. The summed E-state index contributed by atoms with van der Waals surface area (Å²) in [7, 11) is 0. The van der Waals surface area contributed by atoms with E-state index >= 15 is 0 Å². The number of benzene rings is 2. The van der Waals surface area contributed by atoms with Crippen LogP contribution in [0.2, 0.25) is 0 Å². The summed E-state index contributed by atoms with van der Waals surface area (Å²) in [4.78, 5) is 51.2. The van der Waals surface area contributed by atoms with E-state index in [2.05, 4.69) is 15.1 Å². The fraction of sp³-hybridized carbons (Fsp3) is 0.300. The SMILES string of the molecule is [C-]#[N+]c1ccnc(N2C(=O)CC[C@H]2C(=O)N(c2cccc(F)c2)[C@H](C(=O)NC2CC(F)(F)C2)c2ccccc2C)c1. The van der Waals surface area contributed by atoms with Gasteiger partial charge >= 0.3 is 0 Å². The van der Waals surface area contributed by atoms with Crippen LogP contribution < -0.4 is 15.1 Å². The summed E-state index contributed by atoms with van der Waals surface area (Å²) in [6.45, 7) is 9.05. The van der Waals surface area contributed by atoms with Gasteiger partial charge in [0.25, 0.3) is 11.8 Å². The lowest BCUT2D eigenvalue weighted by atomic mass is 9.87. The predicted molar refractivity (Wildman–Crippen MR) is 145 cm³/mol. The Balaban J connectivity index is 1.61. The average Bonchev–Trinajstić information content (AvgIpc) is 3.32. The summed E-state index contributed by atoms with van der Waals surface area (Å²) in [6, 6.07) is 11.6. The monoisotopic (exact) mass is 561 g/mol. The maximum atomic E-state index is 14.5. The number of hydrogen-bond donors (Lipinski definition) is 1. The van der Waals surface area contributed by atoms with Crippen LogP contribution in [0.25, 0.3) is 4.85 Å². The van der Waals surface area contributed by atoms with Crippen LogP contribution in [0, 0.1) is 19.3 Å². The molecule has 2 aromatic carbocycles. The molecule has 0 radical (unpaired) electrons. The number of nitrogens with zero attached hydrogens (tertiary/aromatic N) is 4. The van der Waals surface area contributed by atoms with Crippen molar-refractivity contribution in [1.82, 2.24) is 10.3 Å². The van der Waals surface area contributed by atoms with Crippen LogP contribution in [0.3, 0.4) is 0 Å². The van der Waals surface area contributed by atoms with Crippen molar-refractivity contribution in [2.24, 2.45) is 0 Å². The summed E-state index contributed by atoms with van der Waals surface area (Å²) in [5.41, 5.74) is 1.33. The average molecular weight is 562 g/mol. The zero-order chi connectivity index (χ0) is 29.3. The maximum Gasteiger partial charge on any atom is 0.252 e. The van der Waals surface area contributed by atoms with E-state index in [4.69, 9.17) is 6.57 Å². The van der Waals surface area contributed by atoms with E-state index in [1.165, 1.54) is 41.4 Å². The van der Waals surface area contributed by atoms with Crippen LogP contribution >= 0.6 is 0 Å². The minimum absolute atomic E-state index is 0.00963. The number of carbonyl (C=O) groups is 3. The molecule has 0 bridgehead atoms. The predicted octanol–water partition coefficient (Wildman–Crippen LogP) is 5.26. The minimum atomic E-state index is -2.88. The summed E-state index contributed by atoms with van der Waals surface area (Å²) in [6.07, 6.45) is 0.403. The molecule has 0 unspecified atom stereocenters. The number of rotatable bonds is 7. The number of amides is 3. The van der Waals surface area contributed by atoms with Gasteiger partial charge in [-0.1, -0.05) is 30.3 Å². The molecule has 1 N–H and O–H groups in total. The summed E-state index contributed by atoms with van der Waals surface area (Å²) < 4.78 is 41.7. The number of aromatic nitrogens is 1. The number of alkyl halides is 2. The van der Waals surface area contributed by atoms with Crippen LogP contribution in [0.4, 0.5) is 30.4 Å². The van der Waals surface area contributed by atoms with Crippen molar-refractivity contribution in [1.29, 1.82) is 0 Å². The number of hydrogen-bond acceptors (Lipinski definition) is 4. The van der Waals surface area contributed by atoms with E-state index in [1.54, 1.807) is 31.2 Å². The molecule has 2 aliphatic rings. The first-order chi connectivity index (χ1) is 19.6. The van der Waals surface area contributed by atoms with Crippen LogP contribution in [-0.4, -0.2) is 40.7 Å². The summed E-state index contributed by atoms with van der Waals surface area (Å²) >= 11 is 0. The Kier molecular flexibility index (Phi) is 7.49. The highest BCUT2D eigenvalue weighted by Crippen LogP contribution is 2.39. The second-order valence-electron chi connectivity index (χ2n) is 10.2. The van der Waals surface area contributed by atoms with Gasteiger partial charge in [-0.05, 0) is 54.8 Å². The van der Waals surface area contributed by atoms with Gasteiger partial charge in [0, 0.05) is 37.2 Å². The lowest BCUT2D eigenvalue weighted by Gasteiger charge is -2.39. The molecule has 1 aliphatic carbocycles. The van der Waals surface area contributed by atoms with Gasteiger partial charge in [0.2, 0.25) is 11.8 Å². The second-order valence-corrected chi connectivity index (χ2v) is 10.2.